The third kappa shape index (κ3) is 4.10. The molecule has 0 unspecified atom stereocenters. The van der Waals surface area contributed by atoms with E-state index >= 15 is 0 Å². The number of benzene rings is 1. The fourth-order valence-corrected chi connectivity index (χ4v) is 3.40. The summed E-state index contributed by atoms with van der Waals surface area (Å²) >= 11 is 0. The Kier molecular flexibility index (Phi) is 4.96. The van der Waals surface area contributed by atoms with Gasteiger partial charge in [0.15, 0.2) is 0 Å². The summed E-state index contributed by atoms with van der Waals surface area (Å²) in [5.41, 5.74) is 1.94. The third-order valence-electron chi connectivity index (χ3n) is 4.76. The van der Waals surface area contributed by atoms with E-state index in [0.717, 1.165) is 43.6 Å². The zero-order valence-electron chi connectivity index (χ0n) is 13.7. The number of carbonyl (C=O) groups is 2. The van der Waals surface area contributed by atoms with Crippen LogP contribution in [0.3, 0.4) is 0 Å². The number of rotatable bonds is 4. The van der Waals surface area contributed by atoms with E-state index in [1.807, 2.05) is 29.2 Å². The van der Waals surface area contributed by atoms with Gasteiger partial charge in [-0.3, -0.25) is 9.59 Å². The van der Waals surface area contributed by atoms with Gasteiger partial charge >= 0.3 is 0 Å². The zero-order valence-corrected chi connectivity index (χ0v) is 13.7. The number of nitrogens with zero attached hydrogens (tertiary/aromatic N) is 1. The average molecular weight is 315 g/mol. The van der Waals surface area contributed by atoms with Gasteiger partial charge in [-0.1, -0.05) is 12.1 Å². The van der Waals surface area contributed by atoms with E-state index in [0.29, 0.717) is 19.0 Å². The molecule has 23 heavy (non-hydrogen) atoms. The summed E-state index contributed by atoms with van der Waals surface area (Å²) in [5, 5.41) is 6.38. The van der Waals surface area contributed by atoms with Gasteiger partial charge in [0.1, 0.15) is 0 Å². The van der Waals surface area contributed by atoms with Crippen LogP contribution < -0.4 is 10.6 Å². The van der Waals surface area contributed by atoms with Gasteiger partial charge in [0, 0.05) is 37.2 Å². The maximum Gasteiger partial charge on any atom is 0.227 e. The second-order valence-electron chi connectivity index (χ2n) is 6.68. The fourth-order valence-electron chi connectivity index (χ4n) is 3.40. The molecule has 2 atom stereocenters. The van der Waals surface area contributed by atoms with Crippen LogP contribution in [0.25, 0.3) is 0 Å². The lowest BCUT2D eigenvalue weighted by atomic mass is 9.92. The van der Waals surface area contributed by atoms with Crippen LogP contribution in [0, 0.1) is 5.92 Å². The van der Waals surface area contributed by atoms with Crippen molar-refractivity contribution in [2.75, 3.05) is 18.4 Å². The van der Waals surface area contributed by atoms with Gasteiger partial charge in [0.2, 0.25) is 11.8 Å². The second kappa shape index (κ2) is 7.13. The highest BCUT2D eigenvalue weighted by molar-refractivity contribution is 5.92. The molecular formula is C18H25N3O2. The Hall–Kier alpha value is -1.88. The van der Waals surface area contributed by atoms with Crippen LogP contribution in [0.1, 0.15) is 38.2 Å². The van der Waals surface area contributed by atoms with E-state index in [4.69, 9.17) is 0 Å². The second-order valence-corrected chi connectivity index (χ2v) is 6.68. The van der Waals surface area contributed by atoms with Crippen molar-refractivity contribution >= 4 is 17.5 Å². The number of carbonyl (C=O) groups excluding carboxylic acids is 2. The van der Waals surface area contributed by atoms with E-state index in [9.17, 15) is 9.59 Å². The lowest BCUT2D eigenvalue weighted by Crippen LogP contribution is -2.40. The van der Waals surface area contributed by atoms with Gasteiger partial charge in [-0.05, 0) is 50.4 Å². The predicted octanol–water partition coefficient (Wildman–Crippen LogP) is 2.14. The molecule has 0 spiro atoms. The maximum atomic E-state index is 12.3. The van der Waals surface area contributed by atoms with Crippen LogP contribution in [0.2, 0.25) is 0 Å². The predicted molar refractivity (Wildman–Crippen MR) is 89.9 cm³/mol. The van der Waals surface area contributed by atoms with Gasteiger partial charge in [-0.25, -0.2) is 0 Å². The molecule has 2 heterocycles. The van der Waals surface area contributed by atoms with Gasteiger partial charge in [0.25, 0.3) is 0 Å². The van der Waals surface area contributed by atoms with E-state index in [1.165, 1.54) is 0 Å². The normalized spacial score (nSPS) is 24.7. The van der Waals surface area contributed by atoms with E-state index in [1.54, 1.807) is 0 Å². The number of hydrogen-bond acceptors (Lipinski definition) is 3. The number of likely N-dealkylation sites (tertiary alicyclic amines) is 1. The van der Waals surface area contributed by atoms with Crippen molar-refractivity contribution < 1.29 is 9.59 Å². The zero-order chi connectivity index (χ0) is 16.2. The molecule has 0 bridgehead atoms. The third-order valence-corrected chi connectivity index (χ3v) is 4.76. The monoisotopic (exact) mass is 315 g/mol. The van der Waals surface area contributed by atoms with Gasteiger partial charge in [-0.2, -0.15) is 0 Å². The van der Waals surface area contributed by atoms with Crippen molar-refractivity contribution in [3.05, 3.63) is 29.8 Å². The molecule has 0 aliphatic carbocycles. The number of nitrogens with one attached hydrogen (secondary N) is 2. The molecule has 2 N–H and O–H groups in total. The van der Waals surface area contributed by atoms with E-state index in [2.05, 4.69) is 17.6 Å². The van der Waals surface area contributed by atoms with Gasteiger partial charge < -0.3 is 15.5 Å². The molecule has 0 aromatic heterocycles. The van der Waals surface area contributed by atoms with Crippen molar-refractivity contribution in [3.63, 3.8) is 0 Å². The van der Waals surface area contributed by atoms with E-state index < -0.39 is 0 Å². The SMILES string of the molecule is C[C@H]1C[C@@H](C(=O)Nc2ccc(CN3CCCC3=O)cc2)CCN1. The summed E-state index contributed by atoms with van der Waals surface area (Å²) in [7, 11) is 0. The van der Waals surface area contributed by atoms with Crippen LogP contribution in [-0.2, 0) is 16.1 Å². The minimum atomic E-state index is 0.0909. The molecule has 2 amide bonds. The first-order valence-corrected chi connectivity index (χ1v) is 8.53. The van der Waals surface area contributed by atoms with Crippen LogP contribution >= 0.6 is 0 Å². The largest absolute Gasteiger partial charge is 0.338 e. The highest BCUT2D eigenvalue weighted by Crippen LogP contribution is 2.20. The van der Waals surface area contributed by atoms with E-state index in [-0.39, 0.29) is 17.7 Å². The summed E-state index contributed by atoms with van der Waals surface area (Å²) < 4.78 is 0. The lowest BCUT2D eigenvalue weighted by molar-refractivity contribution is -0.128. The Morgan fingerprint density at radius 3 is 2.78 bits per heavy atom. The number of hydrogen-bond donors (Lipinski definition) is 2. The van der Waals surface area contributed by atoms with Crippen molar-refractivity contribution in [2.45, 2.75) is 45.2 Å². The Balaban J connectivity index is 1.54. The summed E-state index contributed by atoms with van der Waals surface area (Å²) in [5.74, 6) is 0.441. The molecule has 0 radical (unpaired) electrons. The standard InChI is InChI=1S/C18H25N3O2/c1-13-11-15(8-9-19-13)18(23)20-16-6-4-14(5-7-16)12-21-10-2-3-17(21)22/h4-7,13,15,19H,2-3,8-12H2,1H3,(H,20,23)/t13-,15-/m0/s1. The Morgan fingerprint density at radius 2 is 2.13 bits per heavy atom. The Bertz CT molecular complexity index is 570. The highest BCUT2D eigenvalue weighted by atomic mass is 16.2. The first-order chi connectivity index (χ1) is 11.1. The van der Waals surface area contributed by atoms with Crippen molar-refractivity contribution in [2.24, 2.45) is 5.92 Å². The molecule has 1 aromatic carbocycles. The van der Waals surface area contributed by atoms with Crippen molar-refractivity contribution in [1.29, 1.82) is 0 Å². The number of piperidine rings is 1. The van der Waals surface area contributed by atoms with Crippen LogP contribution in [0.15, 0.2) is 24.3 Å². The van der Waals surface area contributed by atoms with Crippen molar-refractivity contribution in [3.8, 4) is 0 Å². The van der Waals surface area contributed by atoms with Gasteiger partial charge in [0.05, 0.1) is 0 Å². The molecule has 1 aromatic rings. The maximum absolute atomic E-state index is 12.3. The summed E-state index contributed by atoms with van der Waals surface area (Å²) in [4.78, 5) is 25.9. The first-order valence-electron chi connectivity index (χ1n) is 8.53. The smallest absolute Gasteiger partial charge is 0.227 e. The highest BCUT2D eigenvalue weighted by Gasteiger charge is 2.24. The summed E-state index contributed by atoms with van der Waals surface area (Å²) in [6.45, 7) is 4.54. The molecule has 5 heteroatoms. The molecule has 3 rings (SSSR count). The first kappa shape index (κ1) is 16.0. The molecular weight excluding hydrogens is 290 g/mol. The minimum Gasteiger partial charge on any atom is -0.338 e. The topological polar surface area (TPSA) is 61.4 Å². The minimum absolute atomic E-state index is 0.0909. The van der Waals surface area contributed by atoms with Crippen LogP contribution in [0.4, 0.5) is 5.69 Å². The summed E-state index contributed by atoms with van der Waals surface area (Å²) in [6.07, 6.45) is 3.41. The fraction of sp³-hybridized carbons (Fsp3) is 0.556. The van der Waals surface area contributed by atoms with Crippen LogP contribution in [0.5, 0.6) is 0 Å². The molecule has 2 aliphatic rings. The van der Waals surface area contributed by atoms with Gasteiger partial charge in [-0.15, -0.1) is 0 Å². The molecule has 5 nitrogen and oxygen atoms in total. The lowest BCUT2D eigenvalue weighted by Gasteiger charge is -2.27. The average Bonchev–Trinajstić information content (AvgIpc) is 2.94. The van der Waals surface area contributed by atoms with Crippen molar-refractivity contribution in [1.82, 2.24) is 10.2 Å². The Morgan fingerprint density at radius 1 is 1.35 bits per heavy atom. The number of anilines is 1. The number of amides is 2. The molecule has 124 valence electrons. The molecule has 2 fully saturated rings. The molecule has 0 saturated carbocycles. The molecule has 2 aliphatic heterocycles. The quantitative estimate of drug-likeness (QED) is 0.895. The van der Waals surface area contributed by atoms with Crippen LogP contribution in [-0.4, -0.2) is 35.8 Å². The Labute approximate surface area is 137 Å². The summed E-state index contributed by atoms with van der Waals surface area (Å²) in [6, 6.07) is 8.25. The molecule has 2 saturated heterocycles.